The summed E-state index contributed by atoms with van der Waals surface area (Å²) in [6, 6.07) is 10.8. The lowest BCUT2D eigenvalue weighted by Crippen LogP contribution is -2.33. The van der Waals surface area contributed by atoms with Crippen LogP contribution in [0.5, 0.6) is 0 Å². The van der Waals surface area contributed by atoms with Gasteiger partial charge in [-0.3, -0.25) is 4.79 Å². The fraction of sp³-hybridized carbons (Fsp3) is 0.562. The van der Waals surface area contributed by atoms with Gasteiger partial charge >= 0.3 is 0 Å². The minimum absolute atomic E-state index is 0.0221. The Morgan fingerprint density at radius 3 is 2.32 bits per heavy atom. The molecule has 3 nitrogen and oxygen atoms in total. The molecule has 0 spiro atoms. The molecule has 1 rings (SSSR count). The van der Waals surface area contributed by atoms with Gasteiger partial charge in [0.15, 0.2) is 0 Å². The molecule has 2 N–H and O–H groups in total. The Hall–Kier alpha value is -1.35. The fourth-order valence-electron chi connectivity index (χ4n) is 2.09. The molecule has 1 atom stereocenters. The van der Waals surface area contributed by atoms with E-state index in [4.69, 9.17) is 0 Å². The maximum absolute atomic E-state index is 10.8. The van der Waals surface area contributed by atoms with Crippen molar-refractivity contribution in [1.29, 1.82) is 0 Å². The summed E-state index contributed by atoms with van der Waals surface area (Å²) in [6.07, 6.45) is 1.07. The zero-order valence-corrected chi connectivity index (χ0v) is 12.5. The molecule has 1 aromatic carbocycles. The summed E-state index contributed by atoms with van der Waals surface area (Å²) in [7, 11) is 0. The van der Waals surface area contributed by atoms with Gasteiger partial charge in [0.25, 0.3) is 0 Å². The van der Waals surface area contributed by atoms with E-state index < -0.39 is 0 Å². The third kappa shape index (κ3) is 6.97. The Labute approximate surface area is 116 Å². The average Bonchev–Trinajstić information content (AvgIpc) is 2.32. The number of benzene rings is 1. The van der Waals surface area contributed by atoms with E-state index in [-0.39, 0.29) is 11.3 Å². The number of amides is 1. The number of hydrogen-bond acceptors (Lipinski definition) is 2. The largest absolute Gasteiger partial charge is 0.355 e. The molecule has 1 unspecified atom stereocenters. The molecular weight excluding hydrogens is 236 g/mol. The summed E-state index contributed by atoms with van der Waals surface area (Å²) in [4.78, 5) is 10.8. The molecule has 0 fully saturated rings. The average molecular weight is 262 g/mol. The molecule has 0 bridgehead atoms. The van der Waals surface area contributed by atoms with E-state index in [0.29, 0.717) is 12.6 Å². The smallest absolute Gasteiger partial charge is 0.216 e. The van der Waals surface area contributed by atoms with Crippen LogP contribution in [0.4, 0.5) is 0 Å². The Balaban J connectivity index is 2.58. The summed E-state index contributed by atoms with van der Waals surface area (Å²) in [5, 5.41) is 6.35. The van der Waals surface area contributed by atoms with Gasteiger partial charge in [-0.2, -0.15) is 0 Å². The lowest BCUT2D eigenvalue weighted by Gasteiger charge is -2.27. The molecule has 1 aromatic rings. The first-order valence-corrected chi connectivity index (χ1v) is 6.91. The molecule has 0 aliphatic heterocycles. The molecule has 0 saturated heterocycles. The molecule has 19 heavy (non-hydrogen) atoms. The second-order valence-corrected chi connectivity index (χ2v) is 6.17. The van der Waals surface area contributed by atoms with Crippen molar-refractivity contribution < 1.29 is 4.79 Å². The Bertz CT molecular complexity index is 381. The predicted octanol–water partition coefficient (Wildman–Crippen LogP) is 2.89. The lowest BCUT2D eigenvalue weighted by molar-refractivity contribution is -0.118. The standard InChI is InChI=1S/C16H26N2O/c1-13(19)17-10-11-18-15(12-16(2,3)4)14-8-6-5-7-9-14/h5-9,15,18H,10-12H2,1-4H3,(H,17,19). The quantitative estimate of drug-likeness (QED) is 0.774. The topological polar surface area (TPSA) is 41.1 Å². The highest BCUT2D eigenvalue weighted by Gasteiger charge is 2.19. The van der Waals surface area contributed by atoms with Crippen LogP contribution in [0.15, 0.2) is 30.3 Å². The van der Waals surface area contributed by atoms with Crippen molar-refractivity contribution >= 4 is 5.91 Å². The van der Waals surface area contributed by atoms with E-state index in [9.17, 15) is 4.79 Å². The highest BCUT2D eigenvalue weighted by atomic mass is 16.1. The molecule has 0 aliphatic carbocycles. The second-order valence-electron chi connectivity index (χ2n) is 6.17. The van der Waals surface area contributed by atoms with E-state index in [2.05, 4.69) is 55.7 Å². The molecule has 0 radical (unpaired) electrons. The van der Waals surface area contributed by atoms with Crippen molar-refractivity contribution in [3.05, 3.63) is 35.9 Å². The van der Waals surface area contributed by atoms with Crippen LogP contribution in [-0.4, -0.2) is 19.0 Å². The van der Waals surface area contributed by atoms with E-state index in [0.717, 1.165) is 13.0 Å². The summed E-state index contributed by atoms with van der Waals surface area (Å²) in [6.45, 7) is 9.75. The van der Waals surface area contributed by atoms with Gasteiger partial charge in [-0.05, 0) is 17.4 Å². The summed E-state index contributed by atoms with van der Waals surface area (Å²) < 4.78 is 0. The Kier molecular flexibility index (Phi) is 6.03. The zero-order chi connectivity index (χ0) is 14.3. The van der Waals surface area contributed by atoms with Gasteiger partial charge in [-0.15, -0.1) is 0 Å². The SMILES string of the molecule is CC(=O)NCCNC(CC(C)(C)C)c1ccccc1. The third-order valence-corrected chi connectivity index (χ3v) is 2.91. The van der Waals surface area contributed by atoms with Crippen LogP contribution < -0.4 is 10.6 Å². The van der Waals surface area contributed by atoms with Crippen LogP contribution in [-0.2, 0) is 4.79 Å². The van der Waals surface area contributed by atoms with Gasteiger partial charge in [-0.25, -0.2) is 0 Å². The monoisotopic (exact) mass is 262 g/mol. The molecule has 0 aromatic heterocycles. The first kappa shape index (κ1) is 15.7. The zero-order valence-electron chi connectivity index (χ0n) is 12.5. The van der Waals surface area contributed by atoms with E-state index in [1.165, 1.54) is 5.56 Å². The van der Waals surface area contributed by atoms with Crippen molar-refractivity contribution in [1.82, 2.24) is 10.6 Å². The Morgan fingerprint density at radius 1 is 1.16 bits per heavy atom. The van der Waals surface area contributed by atoms with E-state index in [1.807, 2.05) is 6.07 Å². The van der Waals surface area contributed by atoms with Crippen molar-refractivity contribution in [2.24, 2.45) is 5.41 Å². The highest BCUT2D eigenvalue weighted by Crippen LogP contribution is 2.29. The summed E-state index contributed by atoms with van der Waals surface area (Å²) >= 11 is 0. The van der Waals surface area contributed by atoms with Crippen LogP contribution in [0.2, 0.25) is 0 Å². The molecule has 0 heterocycles. The van der Waals surface area contributed by atoms with E-state index in [1.54, 1.807) is 6.92 Å². The third-order valence-electron chi connectivity index (χ3n) is 2.91. The number of carbonyl (C=O) groups is 1. The first-order valence-electron chi connectivity index (χ1n) is 6.91. The number of rotatable bonds is 6. The maximum Gasteiger partial charge on any atom is 0.216 e. The van der Waals surface area contributed by atoms with Crippen molar-refractivity contribution in [3.8, 4) is 0 Å². The van der Waals surface area contributed by atoms with Crippen molar-refractivity contribution in [2.75, 3.05) is 13.1 Å². The van der Waals surface area contributed by atoms with E-state index >= 15 is 0 Å². The highest BCUT2D eigenvalue weighted by molar-refractivity contribution is 5.72. The predicted molar refractivity (Wildman–Crippen MR) is 79.9 cm³/mol. The molecule has 106 valence electrons. The van der Waals surface area contributed by atoms with Crippen molar-refractivity contribution in [3.63, 3.8) is 0 Å². The summed E-state index contributed by atoms with van der Waals surface area (Å²) in [5.41, 5.74) is 1.57. The van der Waals surface area contributed by atoms with Gasteiger partial charge in [-0.1, -0.05) is 51.1 Å². The van der Waals surface area contributed by atoms with Crippen molar-refractivity contribution in [2.45, 2.75) is 40.2 Å². The summed E-state index contributed by atoms with van der Waals surface area (Å²) in [5.74, 6) is 0.0221. The van der Waals surface area contributed by atoms with Gasteiger partial charge in [0.05, 0.1) is 0 Å². The first-order chi connectivity index (χ1) is 8.88. The number of hydrogen-bond donors (Lipinski definition) is 2. The van der Waals surface area contributed by atoms with Crippen LogP contribution >= 0.6 is 0 Å². The molecular formula is C16H26N2O. The molecule has 1 amide bonds. The maximum atomic E-state index is 10.8. The Morgan fingerprint density at radius 2 is 1.79 bits per heavy atom. The molecule has 0 saturated carbocycles. The number of nitrogens with one attached hydrogen (secondary N) is 2. The second kappa shape index (κ2) is 7.29. The van der Waals surface area contributed by atoms with Crippen LogP contribution in [0, 0.1) is 5.41 Å². The fourth-order valence-corrected chi connectivity index (χ4v) is 2.09. The van der Waals surface area contributed by atoms with Gasteiger partial charge in [0.1, 0.15) is 0 Å². The van der Waals surface area contributed by atoms with Crippen LogP contribution in [0.25, 0.3) is 0 Å². The molecule has 0 aliphatic rings. The number of carbonyl (C=O) groups excluding carboxylic acids is 1. The van der Waals surface area contributed by atoms with Gasteiger partial charge in [0, 0.05) is 26.1 Å². The normalized spacial score (nSPS) is 13.1. The van der Waals surface area contributed by atoms with Crippen LogP contribution in [0.1, 0.15) is 45.7 Å². The van der Waals surface area contributed by atoms with Gasteiger partial charge < -0.3 is 10.6 Å². The minimum Gasteiger partial charge on any atom is -0.355 e. The minimum atomic E-state index is 0.0221. The molecule has 3 heteroatoms. The lowest BCUT2D eigenvalue weighted by atomic mass is 9.85. The van der Waals surface area contributed by atoms with Gasteiger partial charge in [0.2, 0.25) is 5.91 Å². The van der Waals surface area contributed by atoms with Crippen LogP contribution in [0.3, 0.4) is 0 Å².